The Morgan fingerprint density at radius 3 is 1.40 bits per heavy atom. The molecular formula is C51H35N3O. The second-order valence-electron chi connectivity index (χ2n) is 13.9. The van der Waals surface area contributed by atoms with Crippen LogP contribution < -0.4 is 10.6 Å². The van der Waals surface area contributed by atoms with E-state index >= 15 is 0 Å². The van der Waals surface area contributed by atoms with E-state index in [0.717, 1.165) is 57.0 Å². The smallest absolute Gasteiger partial charge is 0.164 e. The van der Waals surface area contributed by atoms with Crippen LogP contribution in [-0.4, -0.2) is 15.0 Å². The van der Waals surface area contributed by atoms with E-state index < -0.39 is 0 Å². The summed E-state index contributed by atoms with van der Waals surface area (Å²) in [6.45, 7) is 0. The molecule has 7 aromatic carbocycles. The first kappa shape index (κ1) is 32.5. The molecule has 0 spiro atoms. The topological polar surface area (TPSA) is 51.8 Å². The Morgan fingerprint density at radius 2 is 0.800 bits per heavy atom. The van der Waals surface area contributed by atoms with Gasteiger partial charge >= 0.3 is 0 Å². The normalized spacial score (nSPS) is 12.3. The summed E-state index contributed by atoms with van der Waals surface area (Å²) in [6, 6.07) is 63.6. The molecule has 55 heavy (non-hydrogen) atoms. The Kier molecular flexibility index (Phi) is 8.27. The summed E-state index contributed by atoms with van der Waals surface area (Å²) < 4.78 is 6.49. The minimum Gasteiger partial charge on any atom is -0.456 e. The van der Waals surface area contributed by atoms with Crippen LogP contribution in [0.2, 0.25) is 0 Å². The van der Waals surface area contributed by atoms with Gasteiger partial charge in [-0.1, -0.05) is 158 Å². The van der Waals surface area contributed by atoms with Crippen LogP contribution in [0.1, 0.15) is 18.4 Å². The number of nitrogens with zero attached hydrogens (tertiary/aromatic N) is 3. The van der Waals surface area contributed by atoms with Crippen molar-refractivity contribution in [1.29, 1.82) is 0 Å². The molecule has 260 valence electrons. The van der Waals surface area contributed by atoms with Crippen molar-refractivity contribution in [3.8, 4) is 67.5 Å². The molecule has 0 fully saturated rings. The van der Waals surface area contributed by atoms with Crippen LogP contribution in [-0.2, 0) is 0 Å². The summed E-state index contributed by atoms with van der Waals surface area (Å²) in [4.78, 5) is 14.9. The number of fused-ring (bicyclic) bond motifs is 3. The summed E-state index contributed by atoms with van der Waals surface area (Å²) in [5, 5.41) is 2.29. The predicted octanol–water partition coefficient (Wildman–Crippen LogP) is 11.4. The quantitative estimate of drug-likeness (QED) is 0.166. The van der Waals surface area contributed by atoms with Gasteiger partial charge in [-0.15, -0.1) is 0 Å². The lowest BCUT2D eigenvalue weighted by Gasteiger charge is -2.12. The molecule has 1 aliphatic carbocycles. The molecular weight excluding hydrogens is 671 g/mol. The molecule has 0 amide bonds. The highest BCUT2D eigenvalue weighted by Gasteiger charge is 2.17. The third-order valence-electron chi connectivity index (χ3n) is 10.4. The zero-order valence-electron chi connectivity index (χ0n) is 30.1. The van der Waals surface area contributed by atoms with E-state index in [1.807, 2.05) is 60.7 Å². The minimum atomic E-state index is 0.646. The van der Waals surface area contributed by atoms with Crippen molar-refractivity contribution in [2.45, 2.75) is 12.8 Å². The summed E-state index contributed by atoms with van der Waals surface area (Å²) in [5.41, 5.74) is 14.3. The number of benzene rings is 7. The molecule has 1 aliphatic rings. The maximum absolute atomic E-state index is 6.49. The van der Waals surface area contributed by atoms with E-state index in [1.165, 1.54) is 38.6 Å². The van der Waals surface area contributed by atoms with Gasteiger partial charge in [0.05, 0.1) is 0 Å². The third kappa shape index (κ3) is 6.34. The van der Waals surface area contributed by atoms with Crippen molar-refractivity contribution in [1.82, 2.24) is 15.0 Å². The lowest BCUT2D eigenvalue weighted by Crippen LogP contribution is -2.26. The summed E-state index contributed by atoms with van der Waals surface area (Å²) >= 11 is 0. The molecule has 0 bridgehead atoms. The SMILES string of the molecule is C1=c2oc3ccc(-c4ccc(-c5cccc(-c6ccccc6)c5)cc4)cc3c2=C(c2cccc(-c3nc(-c4ccccc4)nc(-c4ccccc4)n3)c2)CC1. The predicted molar refractivity (Wildman–Crippen MR) is 224 cm³/mol. The van der Waals surface area contributed by atoms with Crippen LogP contribution in [0.5, 0.6) is 0 Å². The molecule has 0 radical (unpaired) electrons. The Bertz CT molecular complexity index is 2890. The van der Waals surface area contributed by atoms with Gasteiger partial charge in [0, 0.05) is 27.3 Å². The van der Waals surface area contributed by atoms with Gasteiger partial charge in [0.2, 0.25) is 0 Å². The number of hydrogen-bond acceptors (Lipinski definition) is 4. The highest BCUT2D eigenvalue weighted by Crippen LogP contribution is 2.32. The first-order valence-corrected chi connectivity index (χ1v) is 18.7. The van der Waals surface area contributed by atoms with Crippen LogP contribution in [0.15, 0.2) is 186 Å². The molecule has 4 nitrogen and oxygen atoms in total. The Balaban J connectivity index is 1.04. The van der Waals surface area contributed by atoms with Gasteiger partial charge in [0.25, 0.3) is 0 Å². The van der Waals surface area contributed by atoms with Gasteiger partial charge < -0.3 is 4.42 Å². The van der Waals surface area contributed by atoms with E-state index in [1.54, 1.807) is 0 Å². The van der Waals surface area contributed by atoms with Gasteiger partial charge in [0.15, 0.2) is 17.5 Å². The van der Waals surface area contributed by atoms with Crippen molar-refractivity contribution in [2.75, 3.05) is 0 Å². The van der Waals surface area contributed by atoms with Crippen molar-refractivity contribution >= 4 is 22.6 Å². The summed E-state index contributed by atoms with van der Waals surface area (Å²) in [5.74, 6) is 1.95. The Morgan fingerprint density at radius 1 is 0.364 bits per heavy atom. The standard InChI is InChI=1S/C51H35N3O/c1-4-13-34(14-5-1)39-19-10-20-40(31-39)35-25-27-36(28-26-35)41-29-30-46-45(33-41)48-44(23-12-24-47(48)55-46)42-21-11-22-43(32-42)51-53-49(37-15-6-2-7-16-37)52-50(54-51)38-17-8-3-9-18-38/h1-11,13-22,24-33H,12,23H2. The fourth-order valence-electron chi connectivity index (χ4n) is 7.66. The Labute approximate surface area is 319 Å². The van der Waals surface area contributed by atoms with Gasteiger partial charge in [0.1, 0.15) is 11.0 Å². The van der Waals surface area contributed by atoms with Crippen LogP contribution in [0, 0.1) is 0 Å². The van der Waals surface area contributed by atoms with E-state index in [-0.39, 0.29) is 0 Å². The van der Waals surface area contributed by atoms with Crippen molar-refractivity contribution < 1.29 is 4.42 Å². The number of rotatable bonds is 7. The minimum absolute atomic E-state index is 0.646. The van der Waals surface area contributed by atoms with Crippen molar-refractivity contribution in [2.24, 2.45) is 0 Å². The highest BCUT2D eigenvalue weighted by molar-refractivity contribution is 5.89. The maximum atomic E-state index is 6.49. The molecule has 0 aliphatic heterocycles. The van der Waals surface area contributed by atoms with Gasteiger partial charge in [-0.25, -0.2) is 15.0 Å². The highest BCUT2D eigenvalue weighted by atomic mass is 16.3. The Hall–Kier alpha value is -7.17. The van der Waals surface area contributed by atoms with E-state index in [9.17, 15) is 0 Å². The zero-order valence-corrected chi connectivity index (χ0v) is 30.1. The van der Waals surface area contributed by atoms with Crippen LogP contribution >= 0.6 is 0 Å². The fraction of sp³-hybridized carbons (Fsp3) is 0.0392. The van der Waals surface area contributed by atoms with Gasteiger partial charge in [-0.2, -0.15) is 0 Å². The van der Waals surface area contributed by atoms with Crippen LogP contribution in [0.3, 0.4) is 0 Å². The summed E-state index contributed by atoms with van der Waals surface area (Å²) in [6.07, 6.45) is 4.05. The average molecular weight is 706 g/mol. The van der Waals surface area contributed by atoms with E-state index in [2.05, 4.69) is 127 Å². The third-order valence-corrected chi connectivity index (χ3v) is 10.4. The molecule has 4 heteroatoms. The number of aromatic nitrogens is 3. The van der Waals surface area contributed by atoms with Gasteiger partial charge in [-0.3, -0.25) is 0 Å². The number of furan rings is 1. The van der Waals surface area contributed by atoms with Crippen LogP contribution in [0.25, 0.3) is 90.2 Å². The fourth-order valence-corrected chi connectivity index (χ4v) is 7.66. The van der Waals surface area contributed by atoms with Crippen molar-refractivity contribution in [3.05, 3.63) is 198 Å². The molecule has 2 heterocycles. The lowest BCUT2D eigenvalue weighted by molar-refractivity contribution is 0.571. The van der Waals surface area contributed by atoms with Gasteiger partial charge in [-0.05, 0) is 87.7 Å². The van der Waals surface area contributed by atoms with E-state index in [0.29, 0.717) is 17.5 Å². The van der Waals surface area contributed by atoms with Crippen LogP contribution in [0.4, 0.5) is 0 Å². The first-order chi connectivity index (χ1) is 27.2. The molecule has 2 aromatic heterocycles. The molecule has 0 saturated carbocycles. The summed E-state index contributed by atoms with van der Waals surface area (Å²) in [7, 11) is 0. The largest absolute Gasteiger partial charge is 0.456 e. The zero-order chi connectivity index (χ0) is 36.6. The lowest BCUT2D eigenvalue weighted by atomic mass is 9.92. The van der Waals surface area contributed by atoms with Crippen molar-refractivity contribution in [3.63, 3.8) is 0 Å². The second-order valence-corrected chi connectivity index (χ2v) is 13.9. The second kappa shape index (κ2) is 14.0. The number of hydrogen-bond donors (Lipinski definition) is 0. The molecule has 0 saturated heterocycles. The molecule has 10 rings (SSSR count). The molecule has 9 aromatic rings. The molecule has 0 N–H and O–H groups in total. The average Bonchev–Trinajstić information content (AvgIpc) is 3.66. The van der Waals surface area contributed by atoms with E-state index in [4.69, 9.17) is 19.4 Å². The maximum Gasteiger partial charge on any atom is 0.164 e. The molecule has 0 unspecified atom stereocenters. The monoisotopic (exact) mass is 705 g/mol. The first-order valence-electron chi connectivity index (χ1n) is 18.7. The molecule has 0 atom stereocenters.